The Morgan fingerprint density at radius 3 is 2.81 bits per heavy atom. The lowest BCUT2D eigenvalue weighted by Gasteiger charge is -2.13. The second-order valence-corrected chi connectivity index (χ2v) is 6.20. The summed E-state index contributed by atoms with van der Waals surface area (Å²) in [7, 11) is 0. The molecular weight excluding hydrogens is 282 g/mol. The molecular formula is C18H28ClNO. The van der Waals surface area contributed by atoms with Crippen LogP contribution in [0.1, 0.15) is 45.1 Å². The van der Waals surface area contributed by atoms with Crippen LogP contribution in [0.2, 0.25) is 5.02 Å². The molecule has 0 saturated heterocycles. The van der Waals surface area contributed by atoms with Crippen molar-refractivity contribution >= 4 is 11.6 Å². The van der Waals surface area contributed by atoms with E-state index in [1.165, 1.54) is 12.8 Å². The maximum atomic E-state index is 6.08. The van der Waals surface area contributed by atoms with Gasteiger partial charge in [0.2, 0.25) is 0 Å². The number of ether oxygens (including phenoxy) is 1. The molecule has 0 aliphatic rings. The van der Waals surface area contributed by atoms with Crippen LogP contribution in [0.3, 0.4) is 0 Å². The van der Waals surface area contributed by atoms with E-state index >= 15 is 0 Å². The largest absolute Gasteiger partial charge is 0.493 e. The Balaban J connectivity index is 2.42. The standard InChI is InChI=1S/C18H28ClNO/c1-4-5-6-7-8-11-21-18-10-9-17(19)12-16(18)14-20-13-15(2)3/h4,9-10,12,15,20H,1,5-8,11,13-14H2,2-3H3. The quantitative estimate of drug-likeness (QED) is 0.447. The van der Waals surface area contributed by atoms with E-state index in [0.717, 1.165) is 48.9 Å². The Morgan fingerprint density at radius 2 is 2.10 bits per heavy atom. The highest BCUT2D eigenvalue weighted by Crippen LogP contribution is 2.23. The Kier molecular flexibility index (Phi) is 9.20. The molecule has 1 rings (SSSR count). The highest BCUT2D eigenvalue weighted by Gasteiger charge is 2.05. The van der Waals surface area contributed by atoms with Gasteiger partial charge in [0.05, 0.1) is 6.61 Å². The number of unbranched alkanes of at least 4 members (excludes halogenated alkanes) is 3. The SMILES string of the molecule is C=CCCCCCOc1ccc(Cl)cc1CNCC(C)C. The van der Waals surface area contributed by atoms with Crippen LogP contribution in [0.25, 0.3) is 0 Å². The Labute approximate surface area is 134 Å². The fraction of sp³-hybridized carbons (Fsp3) is 0.556. The summed E-state index contributed by atoms with van der Waals surface area (Å²) in [5, 5.41) is 4.20. The number of allylic oxidation sites excluding steroid dienone is 1. The molecule has 0 aliphatic heterocycles. The molecule has 2 nitrogen and oxygen atoms in total. The van der Waals surface area contributed by atoms with E-state index < -0.39 is 0 Å². The number of benzene rings is 1. The first-order valence-electron chi connectivity index (χ1n) is 7.86. The first-order valence-corrected chi connectivity index (χ1v) is 8.24. The van der Waals surface area contributed by atoms with Gasteiger partial charge in [-0.1, -0.05) is 31.5 Å². The molecule has 0 spiro atoms. The molecule has 21 heavy (non-hydrogen) atoms. The van der Waals surface area contributed by atoms with Crippen LogP contribution in [-0.4, -0.2) is 13.2 Å². The summed E-state index contributed by atoms with van der Waals surface area (Å²) >= 11 is 6.08. The van der Waals surface area contributed by atoms with Crippen LogP contribution in [-0.2, 0) is 6.54 Å². The lowest BCUT2D eigenvalue weighted by molar-refractivity contribution is 0.301. The minimum atomic E-state index is 0.637. The fourth-order valence-electron chi connectivity index (χ4n) is 2.07. The van der Waals surface area contributed by atoms with Crippen molar-refractivity contribution in [2.24, 2.45) is 5.92 Å². The molecule has 0 radical (unpaired) electrons. The number of hydrogen-bond acceptors (Lipinski definition) is 2. The second kappa shape index (κ2) is 10.7. The molecule has 1 N–H and O–H groups in total. The van der Waals surface area contributed by atoms with Crippen LogP contribution >= 0.6 is 11.6 Å². The van der Waals surface area contributed by atoms with Crippen molar-refractivity contribution in [2.75, 3.05) is 13.2 Å². The molecule has 1 aromatic carbocycles. The summed E-state index contributed by atoms with van der Waals surface area (Å²) in [5.74, 6) is 1.58. The number of hydrogen-bond donors (Lipinski definition) is 1. The van der Waals surface area contributed by atoms with E-state index in [1.807, 2.05) is 24.3 Å². The third-order valence-corrected chi connectivity index (χ3v) is 3.44. The van der Waals surface area contributed by atoms with Gasteiger partial charge in [-0.25, -0.2) is 0 Å². The van der Waals surface area contributed by atoms with E-state index in [-0.39, 0.29) is 0 Å². The average molecular weight is 310 g/mol. The molecule has 0 aromatic heterocycles. The molecule has 0 aliphatic carbocycles. The van der Waals surface area contributed by atoms with E-state index in [1.54, 1.807) is 0 Å². The van der Waals surface area contributed by atoms with Crippen LogP contribution in [0, 0.1) is 5.92 Å². The van der Waals surface area contributed by atoms with Crippen molar-refractivity contribution in [1.29, 1.82) is 0 Å². The summed E-state index contributed by atoms with van der Waals surface area (Å²) in [6.07, 6.45) is 6.51. The van der Waals surface area contributed by atoms with Crippen LogP contribution in [0.5, 0.6) is 5.75 Å². The third-order valence-electron chi connectivity index (χ3n) is 3.20. The summed E-state index contributed by atoms with van der Waals surface area (Å²) < 4.78 is 5.91. The van der Waals surface area contributed by atoms with Crippen molar-refractivity contribution in [2.45, 2.75) is 46.1 Å². The van der Waals surface area contributed by atoms with E-state index in [4.69, 9.17) is 16.3 Å². The first kappa shape index (κ1) is 18.1. The average Bonchev–Trinajstić information content (AvgIpc) is 2.44. The number of rotatable bonds is 11. The number of halogens is 1. The van der Waals surface area contributed by atoms with Gasteiger partial charge >= 0.3 is 0 Å². The molecule has 0 saturated carbocycles. The highest BCUT2D eigenvalue weighted by atomic mass is 35.5. The summed E-state index contributed by atoms with van der Waals surface area (Å²) in [4.78, 5) is 0. The van der Waals surface area contributed by atoms with Gasteiger partial charge in [0.15, 0.2) is 0 Å². The lowest BCUT2D eigenvalue weighted by Crippen LogP contribution is -2.19. The molecule has 0 atom stereocenters. The monoisotopic (exact) mass is 309 g/mol. The third kappa shape index (κ3) is 8.13. The smallest absolute Gasteiger partial charge is 0.123 e. The van der Waals surface area contributed by atoms with Gasteiger partial charge < -0.3 is 10.1 Å². The zero-order chi connectivity index (χ0) is 15.5. The summed E-state index contributed by atoms with van der Waals surface area (Å²) in [6.45, 7) is 10.7. The van der Waals surface area contributed by atoms with Crippen molar-refractivity contribution < 1.29 is 4.74 Å². The molecule has 0 bridgehead atoms. The van der Waals surface area contributed by atoms with Crippen molar-refractivity contribution in [3.05, 3.63) is 41.4 Å². The molecule has 0 unspecified atom stereocenters. The Morgan fingerprint density at radius 1 is 1.29 bits per heavy atom. The van der Waals surface area contributed by atoms with Crippen molar-refractivity contribution in [3.63, 3.8) is 0 Å². The summed E-state index contributed by atoms with van der Waals surface area (Å²) in [5.41, 5.74) is 1.13. The van der Waals surface area contributed by atoms with Gasteiger partial charge in [0.25, 0.3) is 0 Å². The van der Waals surface area contributed by atoms with Gasteiger partial charge in [-0.15, -0.1) is 6.58 Å². The second-order valence-electron chi connectivity index (χ2n) is 5.76. The molecule has 3 heteroatoms. The van der Waals surface area contributed by atoms with Crippen LogP contribution in [0.15, 0.2) is 30.9 Å². The zero-order valence-corrected chi connectivity index (χ0v) is 14.1. The van der Waals surface area contributed by atoms with E-state index in [2.05, 4.69) is 25.7 Å². The predicted octanol–water partition coefficient (Wildman–Crippen LogP) is 5.21. The van der Waals surface area contributed by atoms with E-state index in [9.17, 15) is 0 Å². The molecule has 118 valence electrons. The number of nitrogens with one attached hydrogen (secondary N) is 1. The first-order chi connectivity index (χ1) is 10.1. The van der Waals surface area contributed by atoms with Crippen LogP contribution < -0.4 is 10.1 Å². The molecule has 1 aromatic rings. The molecule has 0 fully saturated rings. The van der Waals surface area contributed by atoms with Gasteiger partial charge in [0.1, 0.15) is 5.75 Å². The lowest BCUT2D eigenvalue weighted by atomic mass is 10.1. The van der Waals surface area contributed by atoms with Gasteiger partial charge in [0, 0.05) is 17.1 Å². The van der Waals surface area contributed by atoms with Gasteiger partial charge in [-0.2, -0.15) is 0 Å². The maximum Gasteiger partial charge on any atom is 0.123 e. The molecule has 0 amide bonds. The Hall–Kier alpha value is -0.990. The van der Waals surface area contributed by atoms with Gasteiger partial charge in [-0.3, -0.25) is 0 Å². The minimum Gasteiger partial charge on any atom is -0.493 e. The minimum absolute atomic E-state index is 0.637. The Bertz CT molecular complexity index is 418. The predicted molar refractivity (Wildman–Crippen MR) is 92.2 cm³/mol. The summed E-state index contributed by atoms with van der Waals surface area (Å²) in [6, 6.07) is 5.85. The van der Waals surface area contributed by atoms with Gasteiger partial charge in [-0.05, 0) is 56.3 Å². The highest BCUT2D eigenvalue weighted by molar-refractivity contribution is 6.30. The van der Waals surface area contributed by atoms with E-state index in [0.29, 0.717) is 5.92 Å². The normalized spacial score (nSPS) is 10.9. The van der Waals surface area contributed by atoms with Crippen molar-refractivity contribution in [3.8, 4) is 5.75 Å². The van der Waals surface area contributed by atoms with Crippen LogP contribution in [0.4, 0.5) is 0 Å². The van der Waals surface area contributed by atoms with Crippen molar-refractivity contribution in [1.82, 2.24) is 5.32 Å². The fourth-order valence-corrected chi connectivity index (χ4v) is 2.27. The topological polar surface area (TPSA) is 21.3 Å². The maximum absolute atomic E-state index is 6.08. The zero-order valence-electron chi connectivity index (χ0n) is 13.3. The molecule has 0 heterocycles.